The Hall–Kier alpha value is -2.28. The van der Waals surface area contributed by atoms with E-state index in [9.17, 15) is 0 Å². The molecule has 35 heavy (non-hydrogen) atoms. The van der Waals surface area contributed by atoms with Gasteiger partial charge < -0.3 is 0 Å². The van der Waals surface area contributed by atoms with Gasteiger partial charge in [-0.1, -0.05) is 99.9 Å². The summed E-state index contributed by atoms with van der Waals surface area (Å²) in [5.74, 6) is 2.21. The lowest BCUT2D eigenvalue weighted by Gasteiger charge is -2.17. The van der Waals surface area contributed by atoms with E-state index < -0.39 is 10.2 Å². The largest absolute Gasteiger partial charge is 0.360 e. The Morgan fingerprint density at radius 3 is 1.49 bits per heavy atom. The smallest absolute Gasteiger partial charge is 0.222 e. The Balaban J connectivity index is 0.000000623. The summed E-state index contributed by atoms with van der Waals surface area (Å²) in [7, 11) is -4.94. The van der Waals surface area contributed by atoms with Gasteiger partial charge in [-0.3, -0.25) is 0 Å². The van der Waals surface area contributed by atoms with Crippen molar-refractivity contribution < 1.29 is 33.3 Å². The lowest BCUT2D eigenvalue weighted by Crippen LogP contribution is -2.68. The number of rotatable bonds is 2. The van der Waals surface area contributed by atoms with Crippen molar-refractivity contribution in [2.45, 2.75) is 77.0 Å². The molecule has 188 valence electrons. The van der Waals surface area contributed by atoms with Crippen LogP contribution >= 0.6 is 0 Å². The molecule has 0 unspecified atom stereocenters. The van der Waals surface area contributed by atoms with Gasteiger partial charge in [0.25, 0.3) is 0 Å². The standard InChI is InChI=1S/C29H35O.ClHO4/c1-2-4-6-8-16-22-28-26(21-15-7-5-3-1)27(24-17-11-9-12-18-24)23-29(30-28)25-19-13-10-14-20-25;2-1(3,4)5/h9-14,17-20,23H,1-8,15-16,21-22H2;(H,2,3,4,5)/q+1;/p-1. The zero-order valence-corrected chi connectivity index (χ0v) is 21.0. The summed E-state index contributed by atoms with van der Waals surface area (Å²) in [5.41, 5.74) is 5.28. The molecule has 0 saturated carbocycles. The summed E-state index contributed by atoms with van der Waals surface area (Å²) in [6, 6.07) is 23.8. The van der Waals surface area contributed by atoms with Crippen molar-refractivity contribution in [3.63, 3.8) is 0 Å². The van der Waals surface area contributed by atoms with Crippen LogP contribution in [0.5, 0.6) is 0 Å². The Labute approximate surface area is 210 Å². The van der Waals surface area contributed by atoms with E-state index in [0.717, 1.165) is 24.2 Å². The van der Waals surface area contributed by atoms with Crippen molar-refractivity contribution in [2.75, 3.05) is 0 Å². The quantitative estimate of drug-likeness (QED) is 0.494. The predicted molar refractivity (Wildman–Crippen MR) is 128 cm³/mol. The average Bonchev–Trinajstić information content (AvgIpc) is 2.85. The number of benzene rings is 2. The van der Waals surface area contributed by atoms with Crippen molar-refractivity contribution in [1.82, 2.24) is 0 Å². The van der Waals surface area contributed by atoms with Gasteiger partial charge in [-0.05, 0) is 37.0 Å². The number of aryl methyl sites for hydroxylation is 1. The van der Waals surface area contributed by atoms with Gasteiger partial charge in [0.15, 0.2) is 0 Å². The summed E-state index contributed by atoms with van der Waals surface area (Å²) < 4.78 is 40.6. The van der Waals surface area contributed by atoms with Crippen LogP contribution in [0.1, 0.15) is 75.5 Å². The molecule has 0 saturated heterocycles. The Morgan fingerprint density at radius 1 is 0.543 bits per heavy atom. The molecule has 0 amide bonds. The molecule has 0 spiro atoms. The Morgan fingerprint density at radius 2 is 0.971 bits per heavy atom. The summed E-state index contributed by atoms with van der Waals surface area (Å²) in [6.07, 6.45) is 15.6. The molecule has 0 aliphatic heterocycles. The van der Waals surface area contributed by atoms with E-state index in [1.165, 1.54) is 86.7 Å². The highest BCUT2D eigenvalue weighted by Crippen LogP contribution is 2.34. The van der Waals surface area contributed by atoms with Crippen LogP contribution in [0.3, 0.4) is 0 Å². The summed E-state index contributed by atoms with van der Waals surface area (Å²) >= 11 is 0. The first-order valence-electron chi connectivity index (χ1n) is 12.6. The third-order valence-corrected chi connectivity index (χ3v) is 6.39. The number of hydrogen-bond acceptors (Lipinski definition) is 4. The molecule has 0 radical (unpaired) electrons. The molecule has 0 N–H and O–H groups in total. The molecule has 1 aromatic heterocycles. The van der Waals surface area contributed by atoms with E-state index in [-0.39, 0.29) is 0 Å². The van der Waals surface area contributed by atoms with Gasteiger partial charge in [0, 0.05) is 5.56 Å². The third-order valence-electron chi connectivity index (χ3n) is 6.39. The molecule has 1 aliphatic rings. The second-order valence-corrected chi connectivity index (χ2v) is 9.83. The van der Waals surface area contributed by atoms with Crippen molar-refractivity contribution in [3.05, 3.63) is 78.1 Å². The van der Waals surface area contributed by atoms with Crippen molar-refractivity contribution in [3.8, 4) is 22.5 Å². The molecule has 1 aliphatic carbocycles. The first kappa shape index (κ1) is 27.3. The summed E-state index contributed by atoms with van der Waals surface area (Å²) in [4.78, 5) is 0. The molecule has 4 rings (SSSR count). The van der Waals surface area contributed by atoms with Crippen LogP contribution in [0.4, 0.5) is 0 Å². The van der Waals surface area contributed by atoms with Gasteiger partial charge in [0.05, 0.1) is 23.6 Å². The molecule has 1 heterocycles. The molecule has 0 bridgehead atoms. The van der Waals surface area contributed by atoms with Crippen LogP contribution < -0.4 is 18.6 Å². The van der Waals surface area contributed by atoms with Crippen molar-refractivity contribution in [1.29, 1.82) is 0 Å². The maximum Gasteiger partial charge on any atom is 0.360 e. The fraction of sp³-hybridized carbons (Fsp3) is 0.414. The third kappa shape index (κ3) is 10.1. The lowest BCUT2D eigenvalue weighted by atomic mass is 9.92. The van der Waals surface area contributed by atoms with E-state index in [0.29, 0.717) is 0 Å². The lowest BCUT2D eigenvalue weighted by molar-refractivity contribution is -2.00. The summed E-state index contributed by atoms with van der Waals surface area (Å²) in [6.45, 7) is 0. The molecule has 0 fully saturated rings. The highest BCUT2D eigenvalue weighted by molar-refractivity contribution is 5.73. The van der Waals surface area contributed by atoms with Gasteiger partial charge in [-0.25, -0.2) is 23.1 Å². The highest BCUT2D eigenvalue weighted by atomic mass is 35.7. The van der Waals surface area contributed by atoms with E-state index >= 15 is 0 Å². The van der Waals surface area contributed by atoms with Crippen LogP contribution in [0.25, 0.3) is 22.5 Å². The van der Waals surface area contributed by atoms with Gasteiger partial charge in [-0.2, -0.15) is 0 Å². The minimum atomic E-state index is -4.94. The van der Waals surface area contributed by atoms with Crippen LogP contribution in [0, 0.1) is 10.2 Å². The molecule has 0 atom stereocenters. The predicted octanol–water partition coefficient (Wildman–Crippen LogP) is 4.14. The Bertz CT molecular complexity index is 997. The second kappa shape index (κ2) is 14.3. The topological polar surface area (TPSA) is 104 Å². The molecular weight excluding hydrogens is 464 g/mol. The molecule has 6 heteroatoms. The molecule has 5 nitrogen and oxygen atoms in total. The normalized spacial score (nSPS) is 15.8. The van der Waals surface area contributed by atoms with Crippen molar-refractivity contribution >= 4 is 0 Å². The van der Waals surface area contributed by atoms with E-state index in [1.807, 2.05) is 0 Å². The second-order valence-electron chi connectivity index (χ2n) is 9.07. The van der Waals surface area contributed by atoms with Gasteiger partial charge >= 0.3 is 11.5 Å². The average molecular weight is 499 g/mol. The number of fused-ring (bicyclic) bond motifs is 1. The molecule has 3 aromatic rings. The van der Waals surface area contributed by atoms with Gasteiger partial charge in [-0.15, -0.1) is 10.2 Å². The zero-order valence-electron chi connectivity index (χ0n) is 20.3. The van der Waals surface area contributed by atoms with E-state index in [1.54, 1.807) is 0 Å². The zero-order chi connectivity index (χ0) is 24.9. The SMILES string of the molecule is [O-][Cl+3]([O-])([O-])[O-].c1ccc(-c2cc(-c3ccccc3)c3c([o+]2)CCCCCCCCCCCC3)cc1. The first-order chi connectivity index (χ1) is 16.9. The van der Waals surface area contributed by atoms with Crippen LogP contribution in [-0.4, -0.2) is 0 Å². The molecular formula is C29H35ClO5. The molecule has 2 aromatic carbocycles. The van der Waals surface area contributed by atoms with E-state index in [4.69, 9.17) is 23.1 Å². The van der Waals surface area contributed by atoms with Crippen LogP contribution in [0.15, 0.2) is 71.1 Å². The number of halogens is 1. The number of hydrogen-bond donors (Lipinski definition) is 0. The minimum absolute atomic E-state index is 0.995. The van der Waals surface area contributed by atoms with Crippen LogP contribution in [0.2, 0.25) is 0 Å². The van der Waals surface area contributed by atoms with Crippen LogP contribution in [-0.2, 0) is 12.8 Å². The van der Waals surface area contributed by atoms with E-state index in [2.05, 4.69) is 66.7 Å². The first-order valence-corrected chi connectivity index (χ1v) is 13.9. The fourth-order valence-corrected chi connectivity index (χ4v) is 4.69. The van der Waals surface area contributed by atoms with Gasteiger partial charge in [0.2, 0.25) is 0 Å². The fourth-order valence-electron chi connectivity index (χ4n) is 4.69. The maximum absolute atomic E-state index is 8.49. The van der Waals surface area contributed by atoms with Gasteiger partial charge in [0.1, 0.15) is 0 Å². The Kier molecular flexibility index (Phi) is 11.2. The van der Waals surface area contributed by atoms with Crippen molar-refractivity contribution in [2.24, 2.45) is 0 Å². The minimum Gasteiger partial charge on any atom is -0.222 e. The highest BCUT2D eigenvalue weighted by Gasteiger charge is 2.25. The monoisotopic (exact) mass is 498 g/mol. The maximum atomic E-state index is 8.49. The summed E-state index contributed by atoms with van der Waals surface area (Å²) in [5, 5.41) is 0.